The topological polar surface area (TPSA) is 95.6 Å². The quantitative estimate of drug-likeness (QED) is 0.696. The normalized spacial score (nSPS) is 14.8. The van der Waals surface area contributed by atoms with Gasteiger partial charge >= 0.3 is 6.03 Å². The van der Waals surface area contributed by atoms with Crippen LogP contribution < -0.4 is 20.9 Å². The number of amides is 3. The maximum Gasteiger partial charge on any atom is 0.315 e. The highest BCUT2D eigenvalue weighted by Gasteiger charge is 2.16. The van der Waals surface area contributed by atoms with Gasteiger partial charge in [0.1, 0.15) is 5.82 Å². The van der Waals surface area contributed by atoms with E-state index in [1.54, 1.807) is 6.20 Å². The zero-order valence-corrected chi connectivity index (χ0v) is 16.8. The molecule has 0 saturated carbocycles. The van der Waals surface area contributed by atoms with Gasteiger partial charge in [0.2, 0.25) is 5.91 Å². The molecule has 1 aliphatic heterocycles. The number of ether oxygens (including phenoxy) is 1. The van der Waals surface area contributed by atoms with Crippen molar-refractivity contribution in [3.05, 3.63) is 53.7 Å². The van der Waals surface area contributed by atoms with Crippen molar-refractivity contribution < 1.29 is 14.3 Å². The molecule has 0 radical (unpaired) electrons. The van der Waals surface area contributed by atoms with Crippen molar-refractivity contribution in [2.75, 3.05) is 36.5 Å². The lowest BCUT2D eigenvalue weighted by Crippen LogP contribution is -2.39. The molecule has 1 atom stereocenters. The van der Waals surface area contributed by atoms with Gasteiger partial charge in [0.25, 0.3) is 0 Å². The number of hydrogen-bond donors (Lipinski definition) is 3. The Morgan fingerprint density at radius 1 is 1.21 bits per heavy atom. The van der Waals surface area contributed by atoms with Crippen LogP contribution in [0.5, 0.6) is 0 Å². The van der Waals surface area contributed by atoms with Crippen molar-refractivity contribution in [2.45, 2.75) is 26.4 Å². The molecule has 3 amide bonds. The fraction of sp³-hybridized carbons (Fsp3) is 0.381. The van der Waals surface area contributed by atoms with Crippen molar-refractivity contribution in [3.63, 3.8) is 0 Å². The summed E-state index contributed by atoms with van der Waals surface area (Å²) in [5.41, 5.74) is 2.57. The Kier molecular flexibility index (Phi) is 7.02. The lowest BCUT2D eigenvalue weighted by molar-refractivity contribution is -0.114. The van der Waals surface area contributed by atoms with Gasteiger partial charge < -0.3 is 25.6 Å². The molecule has 1 aliphatic rings. The summed E-state index contributed by atoms with van der Waals surface area (Å²) in [6.07, 6.45) is 1.76. The number of nitrogens with zero attached hydrogens (tertiary/aromatic N) is 2. The second kappa shape index (κ2) is 9.88. The first-order chi connectivity index (χ1) is 14.0. The predicted molar refractivity (Wildman–Crippen MR) is 112 cm³/mol. The van der Waals surface area contributed by atoms with Crippen molar-refractivity contribution in [1.29, 1.82) is 0 Å². The Morgan fingerprint density at radius 2 is 2.00 bits per heavy atom. The van der Waals surface area contributed by atoms with E-state index in [1.807, 2.05) is 43.3 Å². The Hall–Kier alpha value is -3.13. The Labute approximate surface area is 170 Å². The Balaban J connectivity index is 1.57. The molecule has 8 heteroatoms. The third kappa shape index (κ3) is 5.92. The average molecular weight is 397 g/mol. The van der Waals surface area contributed by atoms with Gasteiger partial charge in [-0.2, -0.15) is 0 Å². The summed E-state index contributed by atoms with van der Waals surface area (Å²) < 4.78 is 5.40. The van der Waals surface area contributed by atoms with Crippen molar-refractivity contribution in [2.24, 2.45) is 0 Å². The fourth-order valence-electron chi connectivity index (χ4n) is 3.22. The van der Waals surface area contributed by atoms with Gasteiger partial charge in [-0.1, -0.05) is 18.2 Å². The summed E-state index contributed by atoms with van der Waals surface area (Å²) in [5, 5.41) is 8.59. The fourth-order valence-corrected chi connectivity index (χ4v) is 3.22. The smallest absolute Gasteiger partial charge is 0.315 e. The molecule has 3 rings (SSSR count). The van der Waals surface area contributed by atoms with Gasteiger partial charge in [-0.05, 0) is 30.7 Å². The highest BCUT2D eigenvalue weighted by molar-refractivity contribution is 5.88. The third-order valence-corrected chi connectivity index (χ3v) is 4.67. The standard InChI is InChI=1S/C21H27N5O3/c1-15(17-5-3-7-19(13-17)25-16(2)27)24-21(28)23-14-18-6-4-8-22-20(18)26-9-11-29-12-10-26/h3-8,13,15H,9-12,14H2,1-2H3,(H,25,27)(H2,23,24,28). The minimum Gasteiger partial charge on any atom is -0.378 e. The van der Waals surface area contributed by atoms with Crippen LogP contribution >= 0.6 is 0 Å². The summed E-state index contributed by atoms with van der Waals surface area (Å²) in [6, 6.07) is 10.8. The van der Waals surface area contributed by atoms with E-state index in [2.05, 4.69) is 25.8 Å². The number of aromatic nitrogens is 1. The molecule has 2 aromatic rings. The summed E-state index contributed by atoms with van der Waals surface area (Å²) in [5.74, 6) is 0.750. The number of pyridine rings is 1. The molecule has 1 fully saturated rings. The Morgan fingerprint density at radius 3 is 2.76 bits per heavy atom. The monoisotopic (exact) mass is 397 g/mol. The number of urea groups is 1. The van der Waals surface area contributed by atoms with E-state index in [0.29, 0.717) is 25.4 Å². The van der Waals surface area contributed by atoms with E-state index in [-0.39, 0.29) is 18.0 Å². The van der Waals surface area contributed by atoms with E-state index in [4.69, 9.17) is 4.74 Å². The van der Waals surface area contributed by atoms with Crippen LogP contribution in [0, 0.1) is 0 Å². The lowest BCUT2D eigenvalue weighted by atomic mass is 10.1. The van der Waals surface area contributed by atoms with Crippen molar-refractivity contribution in [3.8, 4) is 0 Å². The second-order valence-electron chi connectivity index (χ2n) is 6.94. The largest absolute Gasteiger partial charge is 0.378 e. The molecule has 0 aliphatic carbocycles. The van der Waals surface area contributed by atoms with E-state index in [9.17, 15) is 9.59 Å². The van der Waals surface area contributed by atoms with Gasteiger partial charge in [-0.15, -0.1) is 0 Å². The van der Waals surface area contributed by atoms with Crippen LogP contribution in [0.2, 0.25) is 0 Å². The summed E-state index contributed by atoms with van der Waals surface area (Å²) in [4.78, 5) is 30.3. The number of benzene rings is 1. The van der Waals surface area contributed by atoms with Crippen LogP contribution in [0.25, 0.3) is 0 Å². The molecule has 1 unspecified atom stereocenters. The highest BCUT2D eigenvalue weighted by atomic mass is 16.5. The van der Waals surface area contributed by atoms with Gasteiger partial charge in [-0.3, -0.25) is 4.79 Å². The molecule has 0 spiro atoms. The summed E-state index contributed by atoms with van der Waals surface area (Å²) in [6.45, 7) is 6.68. The molecule has 1 aromatic carbocycles. The first-order valence-electron chi connectivity index (χ1n) is 9.71. The second-order valence-corrected chi connectivity index (χ2v) is 6.94. The molecule has 154 valence electrons. The van der Waals surface area contributed by atoms with Crippen LogP contribution in [-0.4, -0.2) is 43.2 Å². The first-order valence-corrected chi connectivity index (χ1v) is 9.71. The molecule has 2 heterocycles. The molecule has 1 aromatic heterocycles. The number of nitrogens with one attached hydrogen (secondary N) is 3. The number of hydrogen-bond acceptors (Lipinski definition) is 5. The maximum absolute atomic E-state index is 12.4. The minimum absolute atomic E-state index is 0.131. The first kappa shape index (κ1) is 20.6. The molecular formula is C21H27N5O3. The van der Waals surface area contributed by atoms with Gasteiger partial charge in [0.15, 0.2) is 0 Å². The number of carbonyl (C=O) groups is 2. The number of anilines is 2. The van der Waals surface area contributed by atoms with E-state index < -0.39 is 0 Å². The summed E-state index contributed by atoms with van der Waals surface area (Å²) in [7, 11) is 0. The van der Waals surface area contributed by atoms with Crippen LogP contribution in [-0.2, 0) is 16.1 Å². The Bertz CT molecular complexity index is 852. The van der Waals surface area contributed by atoms with E-state index in [1.165, 1.54) is 6.92 Å². The van der Waals surface area contributed by atoms with Crippen molar-refractivity contribution >= 4 is 23.4 Å². The van der Waals surface area contributed by atoms with E-state index >= 15 is 0 Å². The SMILES string of the molecule is CC(=O)Nc1cccc(C(C)NC(=O)NCc2cccnc2N2CCOCC2)c1. The van der Waals surface area contributed by atoms with Gasteiger partial charge in [0, 0.05) is 44.0 Å². The zero-order valence-electron chi connectivity index (χ0n) is 16.8. The van der Waals surface area contributed by atoms with Crippen LogP contribution in [0.1, 0.15) is 31.0 Å². The molecule has 29 heavy (non-hydrogen) atoms. The highest BCUT2D eigenvalue weighted by Crippen LogP contribution is 2.19. The molecule has 8 nitrogen and oxygen atoms in total. The maximum atomic E-state index is 12.4. The molecule has 3 N–H and O–H groups in total. The number of morpholine rings is 1. The van der Waals surface area contributed by atoms with Gasteiger partial charge in [0.05, 0.1) is 19.3 Å². The number of carbonyl (C=O) groups excluding carboxylic acids is 2. The van der Waals surface area contributed by atoms with Gasteiger partial charge in [-0.25, -0.2) is 9.78 Å². The molecule has 0 bridgehead atoms. The van der Waals surface area contributed by atoms with E-state index in [0.717, 1.165) is 30.0 Å². The molecule has 1 saturated heterocycles. The van der Waals surface area contributed by atoms with Crippen LogP contribution in [0.4, 0.5) is 16.3 Å². The van der Waals surface area contributed by atoms with Crippen LogP contribution in [0.15, 0.2) is 42.6 Å². The predicted octanol–water partition coefficient (Wildman–Crippen LogP) is 2.44. The number of rotatable bonds is 6. The lowest BCUT2D eigenvalue weighted by Gasteiger charge is -2.29. The van der Waals surface area contributed by atoms with Crippen LogP contribution in [0.3, 0.4) is 0 Å². The van der Waals surface area contributed by atoms with Crippen molar-refractivity contribution in [1.82, 2.24) is 15.6 Å². The summed E-state index contributed by atoms with van der Waals surface area (Å²) >= 11 is 0. The average Bonchev–Trinajstić information content (AvgIpc) is 2.73. The third-order valence-electron chi connectivity index (χ3n) is 4.67. The minimum atomic E-state index is -0.265. The molecular weight excluding hydrogens is 370 g/mol. The zero-order chi connectivity index (χ0) is 20.6.